The van der Waals surface area contributed by atoms with Gasteiger partial charge in [-0.1, -0.05) is 59.9 Å². The topological polar surface area (TPSA) is 25.8 Å². The average molecular weight is 333 g/mol. The van der Waals surface area contributed by atoms with Crippen molar-refractivity contribution >= 4 is 34.7 Å². The van der Waals surface area contributed by atoms with Crippen LogP contribution in [0, 0.1) is 0 Å². The summed E-state index contributed by atoms with van der Waals surface area (Å²) >= 11 is 9.77. The molecule has 5 heteroatoms. The van der Waals surface area contributed by atoms with Gasteiger partial charge in [0.2, 0.25) is 0 Å². The molecule has 0 saturated carbocycles. The SMILES string of the molecule is CSc1ccccc1-c1nnc(C(Cl)c2ccccc2)s1. The summed E-state index contributed by atoms with van der Waals surface area (Å²) in [4.78, 5) is 1.20. The molecule has 0 N–H and O–H groups in total. The molecule has 0 radical (unpaired) electrons. The fraction of sp³-hybridized carbons (Fsp3) is 0.125. The van der Waals surface area contributed by atoms with Gasteiger partial charge >= 0.3 is 0 Å². The summed E-state index contributed by atoms with van der Waals surface area (Å²) in [5.41, 5.74) is 2.16. The number of benzene rings is 2. The lowest BCUT2D eigenvalue weighted by Gasteiger charge is -2.05. The summed E-state index contributed by atoms with van der Waals surface area (Å²) in [6, 6.07) is 18.2. The van der Waals surface area contributed by atoms with E-state index in [-0.39, 0.29) is 5.38 Å². The van der Waals surface area contributed by atoms with Gasteiger partial charge < -0.3 is 0 Å². The van der Waals surface area contributed by atoms with E-state index in [0.29, 0.717) is 0 Å². The van der Waals surface area contributed by atoms with E-state index >= 15 is 0 Å². The third-order valence-electron chi connectivity index (χ3n) is 3.09. The summed E-state index contributed by atoms with van der Waals surface area (Å²) in [5.74, 6) is 0. The molecular formula is C16H13ClN2S2. The molecule has 2 nitrogen and oxygen atoms in total. The lowest BCUT2D eigenvalue weighted by molar-refractivity contribution is 0.987. The second-order valence-electron chi connectivity index (χ2n) is 4.42. The number of alkyl halides is 1. The van der Waals surface area contributed by atoms with Crippen LogP contribution < -0.4 is 0 Å². The van der Waals surface area contributed by atoms with Crippen LogP contribution in [0.3, 0.4) is 0 Å². The molecule has 106 valence electrons. The van der Waals surface area contributed by atoms with E-state index in [2.05, 4.69) is 28.6 Å². The molecule has 0 fully saturated rings. The highest BCUT2D eigenvalue weighted by atomic mass is 35.5. The first-order valence-corrected chi connectivity index (χ1v) is 8.93. The molecule has 1 aromatic heterocycles. The van der Waals surface area contributed by atoms with Crippen LogP contribution in [0.25, 0.3) is 10.6 Å². The maximum absolute atomic E-state index is 6.51. The summed E-state index contributed by atoms with van der Waals surface area (Å²) in [7, 11) is 0. The summed E-state index contributed by atoms with van der Waals surface area (Å²) in [5, 5.41) is 10.1. The number of nitrogens with zero attached hydrogens (tertiary/aromatic N) is 2. The van der Waals surface area contributed by atoms with Gasteiger partial charge in [-0.3, -0.25) is 0 Å². The van der Waals surface area contributed by atoms with Crippen molar-refractivity contribution in [3.05, 3.63) is 65.2 Å². The van der Waals surface area contributed by atoms with Gasteiger partial charge in [0.25, 0.3) is 0 Å². The van der Waals surface area contributed by atoms with Crippen molar-refractivity contribution in [1.82, 2.24) is 10.2 Å². The minimum absolute atomic E-state index is 0.251. The van der Waals surface area contributed by atoms with Gasteiger partial charge in [-0.2, -0.15) is 0 Å². The molecule has 0 saturated heterocycles. The lowest BCUT2D eigenvalue weighted by Crippen LogP contribution is -1.91. The number of aromatic nitrogens is 2. The van der Waals surface area contributed by atoms with E-state index in [4.69, 9.17) is 11.6 Å². The molecule has 3 rings (SSSR count). The van der Waals surface area contributed by atoms with Crippen molar-refractivity contribution in [2.45, 2.75) is 10.3 Å². The maximum atomic E-state index is 6.51. The fourth-order valence-corrected chi connectivity index (χ4v) is 3.91. The Hall–Kier alpha value is -1.36. The minimum atomic E-state index is -0.251. The quantitative estimate of drug-likeness (QED) is 0.481. The molecule has 21 heavy (non-hydrogen) atoms. The second-order valence-corrected chi connectivity index (χ2v) is 6.71. The second kappa shape index (κ2) is 6.60. The van der Waals surface area contributed by atoms with Gasteiger partial charge in [0.05, 0.1) is 0 Å². The van der Waals surface area contributed by atoms with E-state index < -0.39 is 0 Å². The Morgan fingerprint density at radius 1 is 1.00 bits per heavy atom. The van der Waals surface area contributed by atoms with Crippen molar-refractivity contribution in [3.63, 3.8) is 0 Å². The van der Waals surface area contributed by atoms with E-state index in [9.17, 15) is 0 Å². The lowest BCUT2D eigenvalue weighted by atomic mass is 10.1. The van der Waals surface area contributed by atoms with Crippen LogP contribution in [-0.4, -0.2) is 16.5 Å². The van der Waals surface area contributed by atoms with E-state index in [1.807, 2.05) is 42.5 Å². The highest BCUT2D eigenvalue weighted by Crippen LogP contribution is 2.36. The predicted octanol–water partition coefficient (Wildman–Crippen LogP) is 5.26. The number of hydrogen-bond donors (Lipinski definition) is 0. The van der Waals surface area contributed by atoms with Gasteiger partial charge in [0, 0.05) is 10.5 Å². The number of rotatable bonds is 4. The summed E-state index contributed by atoms with van der Waals surface area (Å²) in [6.07, 6.45) is 2.06. The van der Waals surface area contributed by atoms with Crippen molar-refractivity contribution in [2.75, 3.05) is 6.26 Å². The standard InChI is InChI=1S/C16H13ClN2S2/c1-20-13-10-6-5-9-12(13)15-18-19-16(21-15)14(17)11-7-3-2-4-8-11/h2-10,14H,1H3. The Bertz CT molecular complexity index is 728. The first-order valence-electron chi connectivity index (χ1n) is 6.45. The largest absolute Gasteiger partial charge is 0.148 e. The van der Waals surface area contributed by atoms with Gasteiger partial charge in [-0.25, -0.2) is 0 Å². The zero-order valence-electron chi connectivity index (χ0n) is 11.4. The van der Waals surface area contributed by atoms with Crippen molar-refractivity contribution in [3.8, 4) is 10.6 Å². The van der Waals surface area contributed by atoms with Crippen LogP contribution in [-0.2, 0) is 0 Å². The van der Waals surface area contributed by atoms with Crippen LogP contribution in [0.5, 0.6) is 0 Å². The molecule has 3 aromatic rings. The molecule has 1 heterocycles. The van der Waals surface area contributed by atoms with E-state index in [1.165, 1.54) is 4.90 Å². The highest BCUT2D eigenvalue weighted by molar-refractivity contribution is 7.98. The summed E-state index contributed by atoms with van der Waals surface area (Å²) < 4.78 is 0. The van der Waals surface area contributed by atoms with Gasteiger partial charge in [0.1, 0.15) is 15.4 Å². The zero-order valence-corrected chi connectivity index (χ0v) is 13.8. The normalized spacial score (nSPS) is 12.3. The Morgan fingerprint density at radius 2 is 1.71 bits per heavy atom. The first-order chi connectivity index (χ1) is 10.3. The molecule has 0 aliphatic rings. The Labute approximate surface area is 137 Å². The van der Waals surface area contributed by atoms with Gasteiger partial charge in [0.15, 0.2) is 0 Å². The molecule has 2 aromatic carbocycles. The summed E-state index contributed by atoms with van der Waals surface area (Å²) in [6.45, 7) is 0. The van der Waals surface area contributed by atoms with E-state index in [0.717, 1.165) is 21.1 Å². The Morgan fingerprint density at radius 3 is 2.48 bits per heavy atom. The minimum Gasteiger partial charge on any atom is -0.141 e. The van der Waals surface area contributed by atoms with E-state index in [1.54, 1.807) is 23.1 Å². The molecule has 0 spiro atoms. The number of thioether (sulfide) groups is 1. The van der Waals surface area contributed by atoms with Crippen LogP contribution >= 0.6 is 34.7 Å². The molecule has 1 unspecified atom stereocenters. The molecular weight excluding hydrogens is 320 g/mol. The Kier molecular flexibility index (Phi) is 4.58. The van der Waals surface area contributed by atoms with Crippen LogP contribution in [0.15, 0.2) is 59.5 Å². The Balaban J connectivity index is 1.93. The molecule has 1 atom stereocenters. The van der Waals surface area contributed by atoms with Gasteiger partial charge in [-0.15, -0.1) is 33.6 Å². The van der Waals surface area contributed by atoms with Crippen LogP contribution in [0.4, 0.5) is 0 Å². The first kappa shape index (κ1) is 14.6. The van der Waals surface area contributed by atoms with Crippen LogP contribution in [0.1, 0.15) is 15.9 Å². The fourth-order valence-electron chi connectivity index (χ4n) is 2.03. The number of hydrogen-bond acceptors (Lipinski definition) is 4. The van der Waals surface area contributed by atoms with Crippen molar-refractivity contribution in [1.29, 1.82) is 0 Å². The van der Waals surface area contributed by atoms with Crippen molar-refractivity contribution < 1.29 is 0 Å². The smallest absolute Gasteiger partial charge is 0.141 e. The molecule has 0 amide bonds. The molecule has 0 bridgehead atoms. The number of halogens is 1. The monoisotopic (exact) mass is 332 g/mol. The molecule has 0 aliphatic heterocycles. The third-order valence-corrected chi connectivity index (χ3v) is 5.49. The van der Waals surface area contributed by atoms with Crippen molar-refractivity contribution in [2.24, 2.45) is 0 Å². The molecule has 0 aliphatic carbocycles. The predicted molar refractivity (Wildman–Crippen MR) is 91.3 cm³/mol. The van der Waals surface area contributed by atoms with Gasteiger partial charge in [-0.05, 0) is 17.9 Å². The highest BCUT2D eigenvalue weighted by Gasteiger charge is 2.17. The maximum Gasteiger partial charge on any atom is 0.148 e. The third kappa shape index (κ3) is 3.12. The average Bonchev–Trinajstić information content (AvgIpc) is 3.04. The van der Waals surface area contributed by atoms with Crippen LogP contribution in [0.2, 0.25) is 0 Å². The zero-order chi connectivity index (χ0) is 14.7.